The van der Waals surface area contributed by atoms with Gasteiger partial charge in [0.05, 0.1) is 12.8 Å². The van der Waals surface area contributed by atoms with E-state index in [1.165, 1.54) is 31.6 Å². The average molecular weight is 285 g/mol. The second-order valence-electron chi connectivity index (χ2n) is 3.76. The van der Waals surface area contributed by atoms with Gasteiger partial charge in [0.1, 0.15) is 0 Å². The number of nitrogens with two attached hydrogens (primary N) is 1. The first-order chi connectivity index (χ1) is 9.39. The molecule has 0 amide bonds. The van der Waals surface area contributed by atoms with Gasteiger partial charge in [0.2, 0.25) is 0 Å². The summed E-state index contributed by atoms with van der Waals surface area (Å²) in [7, 11) is 1.43. The first-order valence-electron chi connectivity index (χ1n) is 5.41. The number of aromatic nitrogens is 2. The van der Waals surface area contributed by atoms with Crippen molar-refractivity contribution in [3.05, 3.63) is 30.6 Å². The van der Waals surface area contributed by atoms with E-state index in [2.05, 4.69) is 14.7 Å². The van der Waals surface area contributed by atoms with Gasteiger partial charge in [0, 0.05) is 18.0 Å². The number of methoxy groups -OCH3 is 1. The Morgan fingerprint density at radius 3 is 2.25 bits per heavy atom. The van der Waals surface area contributed by atoms with Crippen LogP contribution in [-0.4, -0.2) is 23.4 Å². The largest absolute Gasteiger partial charge is 0.573 e. The van der Waals surface area contributed by atoms with E-state index >= 15 is 0 Å². The molecule has 0 bridgehead atoms. The Bertz CT molecular complexity index is 600. The highest BCUT2D eigenvalue weighted by atomic mass is 19.4. The molecule has 0 saturated carbocycles. The second kappa shape index (κ2) is 5.24. The van der Waals surface area contributed by atoms with E-state index in [4.69, 9.17) is 10.5 Å². The van der Waals surface area contributed by atoms with Crippen LogP contribution in [0.25, 0.3) is 11.1 Å². The van der Waals surface area contributed by atoms with Crippen LogP contribution in [0, 0.1) is 0 Å². The van der Waals surface area contributed by atoms with Crippen molar-refractivity contribution in [2.24, 2.45) is 0 Å². The first-order valence-corrected chi connectivity index (χ1v) is 5.41. The summed E-state index contributed by atoms with van der Waals surface area (Å²) in [5.41, 5.74) is 6.57. The van der Waals surface area contributed by atoms with Crippen molar-refractivity contribution in [3.63, 3.8) is 0 Å². The van der Waals surface area contributed by atoms with E-state index in [0.717, 1.165) is 6.07 Å². The average Bonchev–Trinajstić information content (AvgIpc) is 2.40. The molecule has 20 heavy (non-hydrogen) atoms. The Labute approximate surface area is 112 Å². The van der Waals surface area contributed by atoms with Gasteiger partial charge in [-0.3, -0.25) is 0 Å². The number of hydrogen-bond acceptors (Lipinski definition) is 5. The first kappa shape index (κ1) is 13.9. The predicted molar refractivity (Wildman–Crippen MR) is 65.1 cm³/mol. The molecule has 0 aliphatic heterocycles. The van der Waals surface area contributed by atoms with Gasteiger partial charge in [-0.2, -0.15) is 0 Å². The van der Waals surface area contributed by atoms with Crippen LogP contribution in [0.1, 0.15) is 0 Å². The molecule has 0 radical (unpaired) electrons. The molecule has 0 saturated heterocycles. The van der Waals surface area contributed by atoms with Gasteiger partial charge >= 0.3 is 12.4 Å². The number of halogens is 3. The lowest BCUT2D eigenvalue weighted by Crippen LogP contribution is -2.18. The number of hydrogen-bond donors (Lipinski definition) is 1. The SMILES string of the molecule is COc1ncc(-c2ccc(OC(F)(F)F)c(N)c2)cn1. The van der Waals surface area contributed by atoms with Crippen LogP contribution in [-0.2, 0) is 0 Å². The maximum Gasteiger partial charge on any atom is 0.573 e. The van der Waals surface area contributed by atoms with E-state index in [9.17, 15) is 13.2 Å². The number of nitrogen functional groups attached to an aromatic ring is 1. The third-order valence-electron chi connectivity index (χ3n) is 2.38. The molecule has 1 aromatic heterocycles. The zero-order valence-corrected chi connectivity index (χ0v) is 10.3. The van der Waals surface area contributed by atoms with Gasteiger partial charge in [-0.25, -0.2) is 9.97 Å². The van der Waals surface area contributed by atoms with Crippen molar-refractivity contribution in [1.29, 1.82) is 0 Å². The van der Waals surface area contributed by atoms with Crippen molar-refractivity contribution < 1.29 is 22.6 Å². The van der Waals surface area contributed by atoms with Gasteiger partial charge in [-0.15, -0.1) is 13.2 Å². The van der Waals surface area contributed by atoms with E-state index in [-0.39, 0.29) is 11.7 Å². The van der Waals surface area contributed by atoms with Crippen molar-refractivity contribution in [1.82, 2.24) is 9.97 Å². The fourth-order valence-electron chi connectivity index (χ4n) is 1.52. The quantitative estimate of drug-likeness (QED) is 0.878. The Kier molecular flexibility index (Phi) is 3.64. The second-order valence-corrected chi connectivity index (χ2v) is 3.76. The summed E-state index contributed by atoms with van der Waals surface area (Å²) < 4.78 is 44.9. The fourth-order valence-corrected chi connectivity index (χ4v) is 1.52. The van der Waals surface area contributed by atoms with Crippen LogP contribution < -0.4 is 15.2 Å². The van der Waals surface area contributed by atoms with Crippen LogP contribution in [0.3, 0.4) is 0 Å². The maximum atomic E-state index is 12.1. The smallest absolute Gasteiger partial charge is 0.467 e. The van der Waals surface area contributed by atoms with E-state index < -0.39 is 12.1 Å². The van der Waals surface area contributed by atoms with Gasteiger partial charge in [-0.1, -0.05) is 6.07 Å². The summed E-state index contributed by atoms with van der Waals surface area (Å²) >= 11 is 0. The Balaban J connectivity index is 2.28. The normalized spacial score (nSPS) is 11.2. The number of ether oxygens (including phenoxy) is 2. The van der Waals surface area contributed by atoms with Crippen molar-refractivity contribution in [3.8, 4) is 22.9 Å². The lowest BCUT2D eigenvalue weighted by atomic mass is 10.1. The fraction of sp³-hybridized carbons (Fsp3) is 0.167. The molecule has 0 aliphatic carbocycles. The van der Waals surface area contributed by atoms with E-state index in [1.54, 1.807) is 0 Å². The molecule has 106 valence electrons. The van der Waals surface area contributed by atoms with Gasteiger partial charge in [0.15, 0.2) is 5.75 Å². The zero-order valence-electron chi connectivity index (χ0n) is 10.3. The van der Waals surface area contributed by atoms with Gasteiger partial charge < -0.3 is 15.2 Å². The van der Waals surface area contributed by atoms with Crippen molar-refractivity contribution >= 4 is 5.69 Å². The maximum absolute atomic E-state index is 12.1. The molecule has 0 fully saturated rings. The molecule has 8 heteroatoms. The minimum atomic E-state index is -4.78. The number of nitrogens with zero attached hydrogens (tertiary/aromatic N) is 2. The number of anilines is 1. The molecule has 1 aromatic carbocycles. The highest BCUT2D eigenvalue weighted by molar-refractivity contribution is 5.69. The zero-order chi connectivity index (χ0) is 14.8. The summed E-state index contributed by atoms with van der Waals surface area (Å²) in [6, 6.07) is 4.12. The third-order valence-corrected chi connectivity index (χ3v) is 2.38. The minimum Gasteiger partial charge on any atom is -0.467 e. The minimum absolute atomic E-state index is 0.129. The molecule has 5 nitrogen and oxygen atoms in total. The predicted octanol–water partition coefficient (Wildman–Crippen LogP) is 2.63. The molecule has 2 rings (SSSR count). The number of rotatable bonds is 3. The lowest BCUT2D eigenvalue weighted by Gasteiger charge is -2.12. The van der Waals surface area contributed by atoms with Gasteiger partial charge in [0.25, 0.3) is 0 Å². The van der Waals surface area contributed by atoms with Crippen molar-refractivity contribution in [2.45, 2.75) is 6.36 Å². The number of benzene rings is 1. The standard InChI is InChI=1S/C12H10F3N3O2/c1-19-11-17-5-8(6-18-11)7-2-3-10(9(16)4-7)20-12(13,14)15/h2-6H,16H2,1H3. The summed E-state index contributed by atoms with van der Waals surface area (Å²) in [6.45, 7) is 0. The molecule has 0 spiro atoms. The summed E-state index contributed by atoms with van der Waals surface area (Å²) in [5, 5.41) is 0. The number of alkyl halides is 3. The monoisotopic (exact) mass is 285 g/mol. The van der Waals surface area contributed by atoms with Crippen LogP contribution in [0.4, 0.5) is 18.9 Å². The van der Waals surface area contributed by atoms with Crippen molar-refractivity contribution in [2.75, 3.05) is 12.8 Å². The van der Waals surface area contributed by atoms with Crippen LogP contribution in [0.5, 0.6) is 11.8 Å². The lowest BCUT2D eigenvalue weighted by molar-refractivity contribution is -0.274. The molecular weight excluding hydrogens is 275 g/mol. The topological polar surface area (TPSA) is 70.3 Å². The van der Waals surface area contributed by atoms with Crippen LogP contribution in [0.2, 0.25) is 0 Å². The van der Waals surface area contributed by atoms with Crippen LogP contribution >= 0.6 is 0 Å². The molecular formula is C12H10F3N3O2. The Morgan fingerprint density at radius 2 is 1.75 bits per heavy atom. The molecule has 2 N–H and O–H groups in total. The highest BCUT2D eigenvalue weighted by Crippen LogP contribution is 2.32. The molecule has 0 aliphatic rings. The molecule has 1 heterocycles. The summed E-state index contributed by atoms with van der Waals surface area (Å²) in [5.74, 6) is -0.448. The Morgan fingerprint density at radius 1 is 1.10 bits per heavy atom. The Hall–Kier alpha value is -2.51. The van der Waals surface area contributed by atoms with Gasteiger partial charge in [-0.05, 0) is 17.7 Å². The van der Waals surface area contributed by atoms with Crippen LogP contribution in [0.15, 0.2) is 30.6 Å². The highest BCUT2D eigenvalue weighted by Gasteiger charge is 2.31. The molecule has 2 aromatic rings. The summed E-state index contributed by atoms with van der Waals surface area (Å²) in [6.07, 6.45) is -1.82. The third kappa shape index (κ3) is 3.28. The van der Waals surface area contributed by atoms with E-state index in [1.807, 2.05) is 0 Å². The molecule has 0 atom stereocenters. The molecule has 0 unspecified atom stereocenters. The summed E-state index contributed by atoms with van der Waals surface area (Å²) in [4.78, 5) is 7.80. The van der Waals surface area contributed by atoms with E-state index in [0.29, 0.717) is 11.1 Å².